The summed E-state index contributed by atoms with van der Waals surface area (Å²) in [6, 6.07) is 16.5. The molecule has 1 fully saturated rings. The summed E-state index contributed by atoms with van der Waals surface area (Å²) in [6.07, 6.45) is 0. The number of aromatic nitrogens is 1. The van der Waals surface area contributed by atoms with Crippen LogP contribution in [-0.4, -0.2) is 48.7 Å². The van der Waals surface area contributed by atoms with Crippen molar-refractivity contribution in [2.24, 2.45) is 0 Å². The Morgan fingerprint density at radius 1 is 1.05 bits per heavy atom. The van der Waals surface area contributed by atoms with E-state index in [1.807, 2.05) is 13.0 Å². The number of ether oxygens (including phenoxy) is 4. The second-order valence-corrected chi connectivity index (χ2v) is 9.87. The number of methoxy groups -OCH3 is 1. The summed E-state index contributed by atoms with van der Waals surface area (Å²) < 4.78 is 23.1. The van der Waals surface area contributed by atoms with Crippen molar-refractivity contribution in [2.75, 3.05) is 31.8 Å². The van der Waals surface area contributed by atoms with Gasteiger partial charge in [0, 0.05) is 5.56 Å². The maximum Gasteiger partial charge on any atom is 0.301 e. The highest BCUT2D eigenvalue weighted by molar-refractivity contribution is 7.22. The molecule has 9 nitrogen and oxygen atoms in total. The first-order valence-corrected chi connectivity index (χ1v) is 13.2. The second kappa shape index (κ2) is 9.95. The summed E-state index contributed by atoms with van der Waals surface area (Å²) in [7, 11) is 1.57. The SMILES string of the molecule is CCOc1cccc(C2C(=C(O)c3ccc4c(c3)OCCO4)C(=O)C(=O)N2c2nc3ccc(OC)cc3s2)c1. The molecule has 0 aliphatic carbocycles. The minimum absolute atomic E-state index is 0.0536. The van der Waals surface area contributed by atoms with E-state index in [-0.39, 0.29) is 11.3 Å². The molecule has 3 aromatic carbocycles. The predicted octanol–water partition coefficient (Wildman–Crippen LogP) is 5.10. The van der Waals surface area contributed by atoms with E-state index in [1.165, 1.54) is 16.2 Å². The number of hydrogen-bond donors (Lipinski definition) is 1. The van der Waals surface area contributed by atoms with Crippen molar-refractivity contribution >= 4 is 44.1 Å². The number of nitrogens with zero attached hydrogens (tertiary/aromatic N) is 2. The number of thiazole rings is 1. The number of aliphatic hydroxyl groups excluding tert-OH is 1. The van der Waals surface area contributed by atoms with Crippen LogP contribution in [0.15, 0.2) is 66.2 Å². The number of carbonyl (C=O) groups excluding carboxylic acids is 2. The molecule has 1 atom stereocenters. The van der Waals surface area contributed by atoms with Crippen molar-refractivity contribution in [1.29, 1.82) is 0 Å². The molecular formula is C29H24N2O7S. The van der Waals surface area contributed by atoms with E-state index in [0.717, 1.165) is 4.70 Å². The van der Waals surface area contributed by atoms with Crippen molar-refractivity contribution < 1.29 is 33.6 Å². The summed E-state index contributed by atoms with van der Waals surface area (Å²) in [6.45, 7) is 3.11. The molecule has 39 heavy (non-hydrogen) atoms. The van der Waals surface area contributed by atoms with Crippen LogP contribution in [0.25, 0.3) is 16.0 Å². The molecular weight excluding hydrogens is 520 g/mol. The average molecular weight is 545 g/mol. The zero-order chi connectivity index (χ0) is 27.1. The molecule has 0 saturated carbocycles. The number of ketones is 1. The van der Waals surface area contributed by atoms with E-state index in [4.69, 9.17) is 18.9 Å². The standard InChI is InChI=1S/C29H24N2O7S/c1-3-36-19-6-4-5-16(13-19)25-24(26(32)17-7-10-21-22(14-17)38-12-11-37-21)27(33)28(34)31(25)29-30-20-9-8-18(35-2)15-23(20)39-29/h4-10,13-15,25,32H,3,11-12H2,1-2H3. The van der Waals surface area contributed by atoms with Gasteiger partial charge in [0.25, 0.3) is 5.78 Å². The van der Waals surface area contributed by atoms with Crippen LogP contribution in [0.5, 0.6) is 23.0 Å². The van der Waals surface area contributed by atoms with E-state index in [2.05, 4.69) is 4.98 Å². The Morgan fingerprint density at radius 3 is 2.67 bits per heavy atom. The van der Waals surface area contributed by atoms with E-state index < -0.39 is 17.7 Å². The Bertz CT molecular complexity index is 1640. The Labute approximate surface area is 227 Å². The maximum atomic E-state index is 13.6. The number of rotatable bonds is 6. The lowest BCUT2D eigenvalue weighted by molar-refractivity contribution is -0.132. The van der Waals surface area contributed by atoms with Gasteiger partial charge in [-0.25, -0.2) is 4.98 Å². The molecule has 198 valence electrons. The Balaban J connectivity index is 1.53. The molecule has 2 aliphatic rings. The molecule has 4 aromatic rings. The molecule has 0 spiro atoms. The molecule has 1 aromatic heterocycles. The highest BCUT2D eigenvalue weighted by Gasteiger charge is 2.48. The van der Waals surface area contributed by atoms with E-state index in [0.29, 0.717) is 64.6 Å². The van der Waals surface area contributed by atoms with E-state index in [9.17, 15) is 14.7 Å². The maximum absolute atomic E-state index is 13.6. The quantitative estimate of drug-likeness (QED) is 0.203. The van der Waals surface area contributed by atoms with Crippen molar-refractivity contribution in [2.45, 2.75) is 13.0 Å². The zero-order valence-corrected chi connectivity index (χ0v) is 22.0. The Hall–Kier alpha value is -4.57. The number of benzene rings is 3. The summed E-state index contributed by atoms with van der Waals surface area (Å²) in [5.41, 5.74) is 1.53. The fraction of sp³-hybridized carbons (Fsp3) is 0.207. The van der Waals surface area contributed by atoms with Gasteiger partial charge >= 0.3 is 5.91 Å². The van der Waals surface area contributed by atoms with Gasteiger partial charge in [0.2, 0.25) is 0 Å². The lowest BCUT2D eigenvalue weighted by atomic mass is 9.95. The van der Waals surface area contributed by atoms with E-state index >= 15 is 0 Å². The highest BCUT2D eigenvalue weighted by Crippen LogP contribution is 2.45. The van der Waals surface area contributed by atoms with Gasteiger partial charge in [-0.1, -0.05) is 23.5 Å². The third-order valence-electron chi connectivity index (χ3n) is 6.54. The Kier molecular flexibility index (Phi) is 6.32. The fourth-order valence-corrected chi connectivity index (χ4v) is 5.78. The van der Waals surface area contributed by atoms with Gasteiger partial charge in [0.1, 0.15) is 30.5 Å². The lowest BCUT2D eigenvalue weighted by Crippen LogP contribution is -2.29. The van der Waals surface area contributed by atoms with Crippen molar-refractivity contribution in [3.05, 3.63) is 77.4 Å². The van der Waals surface area contributed by atoms with Gasteiger partial charge in [0.15, 0.2) is 16.6 Å². The summed E-state index contributed by atoms with van der Waals surface area (Å²) in [4.78, 5) is 33.1. The number of hydrogen-bond acceptors (Lipinski definition) is 9. The van der Waals surface area contributed by atoms with Gasteiger partial charge in [-0.15, -0.1) is 0 Å². The number of anilines is 1. The number of amides is 1. The van der Waals surface area contributed by atoms with Gasteiger partial charge in [0.05, 0.1) is 35.5 Å². The number of Topliss-reactive ketones (excluding diaryl/α,β-unsaturated/α-hetero) is 1. The third-order valence-corrected chi connectivity index (χ3v) is 7.55. The van der Waals surface area contributed by atoms with Gasteiger partial charge in [-0.3, -0.25) is 14.5 Å². The van der Waals surface area contributed by atoms with Crippen LogP contribution in [0.4, 0.5) is 5.13 Å². The summed E-state index contributed by atoms with van der Waals surface area (Å²) in [5, 5.41) is 11.8. The molecule has 1 saturated heterocycles. The minimum atomic E-state index is -0.943. The van der Waals surface area contributed by atoms with Gasteiger partial charge < -0.3 is 24.1 Å². The first-order chi connectivity index (χ1) is 19.0. The average Bonchev–Trinajstić information content (AvgIpc) is 3.50. The third kappa shape index (κ3) is 4.32. The molecule has 0 bridgehead atoms. The molecule has 1 amide bonds. The molecule has 2 aliphatic heterocycles. The number of aliphatic hydroxyl groups is 1. The highest BCUT2D eigenvalue weighted by atomic mass is 32.1. The van der Waals surface area contributed by atoms with Crippen LogP contribution in [0.2, 0.25) is 0 Å². The molecule has 3 heterocycles. The van der Waals surface area contributed by atoms with Gasteiger partial charge in [-0.2, -0.15) is 0 Å². The molecule has 0 radical (unpaired) electrons. The monoisotopic (exact) mass is 544 g/mol. The second-order valence-electron chi connectivity index (χ2n) is 8.86. The van der Waals surface area contributed by atoms with Crippen LogP contribution < -0.4 is 23.8 Å². The lowest BCUT2D eigenvalue weighted by Gasteiger charge is -2.23. The van der Waals surface area contributed by atoms with Crippen LogP contribution in [0, 0.1) is 0 Å². The van der Waals surface area contributed by atoms with Crippen molar-refractivity contribution in [1.82, 2.24) is 4.98 Å². The van der Waals surface area contributed by atoms with Crippen molar-refractivity contribution in [3.8, 4) is 23.0 Å². The normalized spacial score (nSPS) is 18.0. The van der Waals surface area contributed by atoms with Crippen LogP contribution in [-0.2, 0) is 9.59 Å². The fourth-order valence-electron chi connectivity index (χ4n) is 4.76. The van der Waals surface area contributed by atoms with Crippen LogP contribution in [0.3, 0.4) is 0 Å². The van der Waals surface area contributed by atoms with Crippen LogP contribution >= 0.6 is 11.3 Å². The molecule has 10 heteroatoms. The van der Waals surface area contributed by atoms with E-state index in [1.54, 1.807) is 61.7 Å². The zero-order valence-electron chi connectivity index (χ0n) is 21.2. The van der Waals surface area contributed by atoms with Crippen molar-refractivity contribution in [3.63, 3.8) is 0 Å². The van der Waals surface area contributed by atoms with Gasteiger partial charge in [-0.05, 0) is 61.0 Å². The number of carbonyl (C=O) groups is 2. The largest absolute Gasteiger partial charge is 0.507 e. The molecule has 1 N–H and O–H groups in total. The molecule has 6 rings (SSSR count). The number of fused-ring (bicyclic) bond motifs is 2. The minimum Gasteiger partial charge on any atom is -0.507 e. The molecule has 1 unspecified atom stereocenters. The van der Waals surface area contributed by atoms with Crippen LogP contribution in [0.1, 0.15) is 24.1 Å². The topological polar surface area (TPSA) is 107 Å². The first kappa shape index (κ1) is 24.7. The Morgan fingerprint density at radius 2 is 1.87 bits per heavy atom. The summed E-state index contributed by atoms with van der Waals surface area (Å²) >= 11 is 1.26. The summed E-state index contributed by atoms with van der Waals surface area (Å²) in [5.74, 6) is 0.312. The first-order valence-electron chi connectivity index (χ1n) is 12.4. The smallest absolute Gasteiger partial charge is 0.301 e. The predicted molar refractivity (Wildman–Crippen MR) is 146 cm³/mol.